The Morgan fingerprint density at radius 3 is 1.36 bits per heavy atom. The van der Waals surface area contributed by atoms with Crippen molar-refractivity contribution >= 4 is 74.0 Å². The third-order valence-electron chi connectivity index (χ3n) is 19.0. The molecule has 0 amide bonds. The number of benzene rings is 7. The zero-order valence-electron chi connectivity index (χ0n) is 64.3. The molecule has 10 aromatic rings. The Labute approximate surface area is 699 Å². The monoisotopic (exact) mass is 1840 g/mol. The fourth-order valence-electron chi connectivity index (χ4n) is 13.4. The Morgan fingerprint density at radius 1 is 0.419 bits per heavy atom. The number of aliphatic hydroxyl groups excluding tert-OH is 1. The van der Waals surface area contributed by atoms with Crippen molar-refractivity contribution < 1.29 is 145 Å². The average Bonchev–Trinajstić information content (AvgIpc) is 1.62. The lowest BCUT2D eigenvalue weighted by Gasteiger charge is -2.22. The molecular weight excluding hydrogens is 1760 g/mol. The Morgan fingerprint density at radius 2 is 0.839 bits per heavy atom. The summed E-state index contributed by atoms with van der Waals surface area (Å²) < 4.78 is 169. The van der Waals surface area contributed by atoms with Crippen molar-refractivity contribution in [2.24, 2.45) is 0 Å². The number of hydrogen-bond acceptors (Lipinski definition) is 31. The molecular formula is C75H78N6O37P6. The van der Waals surface area contributed by atoms with Gasteiger partial charge in [0.05, 0.1) is 44.1 Å². The zero-order valence-corrected chi connectivity index (χ0v) is 69.7. The van der Waals surface area contributed by atoms with Crippen LogP contribution in [0.3, 0.4) is 0 Å². The van der Waals surface area contributed by atoms with Crippen LogP contribution in [0.5, 0.6) is 11.5 Å². The number of aryl methyl sites for hydroxylation is 1. The minimum atomic E-state index is -5.21. The maximum Gasteiger partial charge on any atom is 0.514 e. The Hall–Kier alpha value is -9.55. The van der Waals surface area contributed by atoms with Crippen molar-refractivity contribution in [3.63, 3.8) is 0 Å². The van der Waals surface area contributed by atoms with Gasteiger partial charge in [-0.2, -0.15) is 4.31 Å². The Bertz CT molecular complexity index is 6070. The molecule has 11 unspecified atom stereocenters. The third-order valence-corrected chi connectivity index (χ3v) is 27.9. The van der Waals surface area contributed by atoms with E-state index >= 15 is 0 Å². The summed E-state index contributed by atoms with van der Waals surface area (Å²) in [6.07, 6.45) is -12.0. The molecule has 3 aromatic heterocycles. The number of nitrogens with zero attached hydrogens (tertiary/aromatic N) is 3. The normalized spacial score (nSPS) is 25.5. The van der Waals surface area contributed by atoms with Gasteiger partial charge in [-0.05, 0) is 82.4 Å². The van der Waals surface area contributed by atoms with E-state index in [2.05, 4.69) is 22.9 Å². The smallest absolute Gasteiger partial charge is 0.497 e. The van der Waals surface area contributed by atoms with Gasteiger partial charge in [0.15, 0.2) is 37.4 Å². The van der Waals surface area contributed by atoms with Crippen LogP contribution in [0.25, 0.3) is 10.8 Å². The van der Waals surface area contributed by atoms with Gasteiger partial charge in [-0.3, -0.25) is 70.3 Å². The number of phosphoric acid groups is 4. The number of carbonyl (C=O) groups is 1. The number of aromatic amines is 3. The van der Waals surface area contributed by atoms with Gasteiger partial charge >= 0.3 is 69.7 Å². The molecule has 0 radical (unpaired) electrons. The van der Waals surface area contributed by atoms with Crippen LogP contribution < -0.4 is 53.8 Å². The first-order chi connectivity index (χ1) is 59.1. The van der Waals surface area contributed by atoms with Gasteiger partial charge in [-0.25, -0.2) is 46.1 Å². The number of H-pyrrole nitrogens is 3. The molecule has 43 nitrogen and oxygen atoms in total. The highest BCUT2D eigenvalue weighted by molar-refractivity contribution is 7.69. The van der Waals surface area contributed by atoms with Crippen molar-refractivity contribution in [1.29, 1.82) is 0 Å². The van der Waals surface area contributed by atoms with Gasteiger partial charge in [-0.15, -0.1) is 0 Å². The third kappa shape index (κ3) is 24.0. The topological polar surface area (TPSA) is 583 Å². The fraction of sp³-hybridized carbons (Fsp3) is 0.293. The molecule has 5 aliphatic rings. The second kappa shape index (κ2) is 40.0. The second-order valence-corrected chi connectivity index (χ2v) is 37.3. The second-order valence-electron chi connectivity index (χ2n) is 27.5. The standard InChI is InChI=1S/C28H28N2O12P2.C25H28N2O12P2.C22H22N2O13P2/c31-23-13-14-30(28(32)29-23)27-26-25(40-24(41-26)15-18-7-2-1-3-8-18)22(39-27)17-38-44(35,36)42-43(33,34)37-16-20-11-6-10-19-9-4-5-12-21(19)20;1-34-17-8-10-18(11-9-17)40(30,31)39-41(32,33)35-15-19-22-23(24(36-19)27-14-13-20(28)26-25(27)29)38-21(37-22)12-7-16-5-3-2-4-6-16;25-17-11-12-24(21(27)23-17)20-19(36-22(28)34-14-7-3-1-4-8-14)18(26)16(35-20)13-33-39(31,32)37-38(29,30)15-9-5-2-6-10-15/h1-14,22,24-27H,15-17H2,(H,33,34)(H,35,36)(H,29,31,32);2-6,8-11,13-14,19,21-24H,7,12,15H2,1H3,(H,30,31)(H,32,33)(H,26,28,29);1-12,16,18-20,26H,13H2,(H,29,30)(H,31,32)(H,23,25,27)/t22-,24?,25?,26+,27-;19-,21?,22?,23+,24-;16-,18?,19+,20-/m111/s1. The maximum absolute atomic E-state index is 12.7. The number of fused-ring (bicyclic) bond motifs is 3. The SMILES string of the molecule is COc1ccc(P(=O)(O)OP(=O)(O)OC[C@H]2O[C@@H](n3ccc(=O)[nH]c3=O)[C@H]3OC(CCc4ccccc4)OC23)cc1.O=C(Oc1ccccc1)O[C@H]1C(O)[C@@H](COP(=O)(O)OP(=O)(O)c2ccccc2)O[C@H]1n1ccc(=O)[nH]c1=O.O=c1ccn([C@@H]2O[C@H](COP(=O)(O)OP(=O)(O)OCc3cccc4ccccc34)C3OC(Cc4ccccc4)O[C@@H]32)c(=O)[nH]1. The number of para-hydroxylation sites is 1. The first-order valence-corrected chi connectivity index (χ1v) is 46.3. The zero-order chi connectivity index (χ0) is 88.3. The molecule has 5 aliphatic heterocycles. The first kappa shape index (κ1) is 92.1. The molecule has 5 fully saturated rings. The van der Waals surface area contributed by atoms with Crippen LogP contribution >= 0.6 is 46.5 Å². The Kier molecular flexibility index (Phi) is 29.7. The summed E-state index contributed by atoms with van der Waals surface area (Å²) in [6.45, 7) is -2.55. The van der Waals surface area contributed by atoms with Gasteiger partial charge in [-0.1, -0.05) is 140 Å². The van der Waals surface area contributed by atoms with E-state index in [1.165, 1.54) is 80.2 Å². The molecule has 49 heteroatoms. The van der Waals surface area contributed by atoms with E-state index in [-0.39, 0.29) is 23.0 Å². The van der Waals surface area contributed by atoms with Crippen molar-refractivity contribution in [2.75, 3.05) is 26.9 Å². The van der Waals surface area contributed by atoms with Gasteiger partial charge in [0.2, 0.25) is 0 Å². The number of carbonyl (C=O) groups excluding carboxylic acids is 1. The van der Waals surface area contributed by atoms with Gasteiger partial charge in [0.1, 0.15) is 60.3 Å². The quantitative estimate of drug-likeness (QED) is 0.0130. The highest BCUT2D eigenvalue weighted by atomic mass is 31.3. The predicted octanol–water partition coefficient (Wildman–Crippen LogP) is 6.24. The average molecular weight is 1840 g/mol. The number of aromatic nitrogens is 6. The highest BCUT2D eigenvalue weighted by Gasteiger charge is 2.57. The summed E-state index contributed by atoms with van der Waals surface area (Å²) in [6, 6.07) is 54.6. The molecule has 20 atom stereocenters. The van der Waals surface area contributed by atoms with Crippen molar-refractivity contribution in [1.82, 2.24) is 28.7 Å². The summed E-state index contributed by atoms with van der Waals surface area (Å²) in [5.74, 6) is 0.515. The van der Waals surface area contributed by atoms with E-state index in [9.17, 15) is 95.4 Å². The van der Waals surface area contributed by atoms with Crippen LogP contribution in [-0.4, -0.2) is 164 Å². The van der Waals surface area contributed by atoms with E-state index in [1.54, 1.807) is 48.5 Å². The number of ether oxygens (including phenoxy) is 10. The fourth-order valence-corrected chi connectivity index (χ4v) is 20.5. The van der Waals surface area contributed by atoms with Crippen LogP contribution in [0.4, 0.5) is 4.79 Å². The van der Waals surface area contributed by atoms with E-state index in [1.807, 2.05) is 83.8 Å². The molecule has 15 rings (SSSR count). The number of hydrogen-bond donors (Lipinski definition) is 10. The summed E-state index contributed by atoms with van der Waals surface area (Å²) >= 11 is 0. The lowest BCUT2D eigenvalue weighted by atomic mass is 10.1. The lowest BCUT2D eigenvalue weighted by Crippen LogP contribution is -2.41. The Balaban J connectivity index is 0.000000160. The van der Waals surface area contributed by atoms with Crippen molar-refractivity contribution in [3.05, 3.63) is 304 Å². The van der Waals surface area contributed by atoms with E-state index in [0.717, 1.165) is 60.0 Å². The predicted molar refractivity (Wildman–Crippen MR) is 429 cm³/mol. The van der Waals surface area contributed by atoms with E-state index < -0.39 is 192 Å². The van der Waals surface area contributed by atoms with Crippen LogP contribution in [0.15, 0.2) is 254 Å². The molecule has 124 heavy (non-hydrogen) atoms. The summed E-state index contributed by atoms with van der Waals surface area (Å²) in [5.41, 5.74) is -1.91. The molecule has 8 heterocycles. The minimum absolute atomic E-state index is 0.110. The highest BCUT2D eigenvalue weighted by Crippen LogP contribution is 2.63. The van der Waals surface area contributed by atoms with Gasteiger partial charge < -0.3 is 81.8 Å². The molecule has 7 aromatic carbocycles. The first-order valence-electron chi connectivity index (χ1n) is 37.1. The maximum atomic E-state index is 12.7. The molecule has 0 bridgehead atoms. The van der Waals surface area contributed by atoms with Gasteiger partial charge in [0.25, 0.3) is 16.7 Å². The minimum Gasteiger partial charge on any atom is -0.497 e. The molecule has 5 saturated heterocycles. The van der Waals surface area contributed by atoms with E-state index in [4.69, 9.17) is 65.5 Å². The molecule has 0 saturated carbocycles. The number of rotatable bonds is 31. The summed E-state index contributed by atoms with van der Waals surface area (Å²) in [4.78, 5) is 152. The number of nitrogens with one attached hydrogen (secondary N) is 3. The van der Waals surface area contributed by atoms with Gasteiger partial charge in [0, 0.05) is 49.6 Å². The van der Waals surface area contributed by atoms with Crippen LogP contribution in [0, 0.1) is 0 Å². The summed E-state index contributed by atoms with van der Waals surface area (Å²) in [7, 11) is -28.7. The van der Waals surface area contributed by atoms with Crippen LogP contribution in [0.2, 0.25) is 0 Å². The molecule has 10 N–H and O–H groups in total. The van der Waals surface area contributed by atoms with Crippen LogP contribution in [0.1, 0.15) is 41.8 Å². The summed E-state index contributed by atoms with van der Waals surface area (Å²) in [5, 5.41) is 11.9. The number of methoxy groups -OCH3 is 1. The lowest BCUT2D eigenvalue weighted by molar-refractivity contribution is -0.153. The largest absolute Gasteiger partial charge is 0.514 e. The van der Waals surface area contributed by atoms with Crippen molar-refractivity contribution in [2.45, 2.75) is 112 Å². The molecule has 0 aliphatic carbocycles. The van der Waals surface area contributed by atoms with Crippen LogP contribution in [-0.2, 0) is 116 Å². The molecule has 0 spiro atoms. The number of phosphoric ester groups is 4. The van der Waals surface area contributed by atoms with Crippen molar-refractivity contribution in [3.8, 4) is 11.5 Å². The number of aliphatic hydroxyl groups is 1. The van der Waals surface area contributed by atoms with E-state index in [0.29, 0.717) is 30.6 Å². The molecule has 660 valence electrons.